The molecule has 0 saturated heterocycles. The Labute approximate surface area is 83.1 Å². The average Bonchev–Trinajstić information content (AvgIpc) is 2.54. The second-order valence-electron chi connectivity index (χ2n) is 2.70. The molecule has 0 bridgehead atoms. The molecule has 0 radical (unpaired) electrons. The van der Waals surface area contributed by atoms with Crippen LogP contribution in [0.15, 0.2) is 6.20 Å². The summed E-state index contributed by atoms with van der Waals surface area (Å²) < 4.78 is 5.26. The minimum atomic E-state index is 0.781. The average molecular weight is 200 g/mol. The van der Waals surface area contributed by atoms with Crippen molar-refractivity contribution in [2.75, 3.05) is 20.3 Å². The van der Waals surface area contributed by atoms with Crippen molar-refractivity contribution in [3.8, 4) is 0 Å². The highest BCUT2D eigenvalue weighted by Crippen LogP contribution is 2.12. The van der Waals surface area contributed by atoms with Gasteiger partial charge in [0.1, 0.15) is 0 Å². The fourth-order valence-corrected chi connectivity index (χ4v) is 1.94. The number of hydrogen-bond donors (Lipinski definition) is 1. The molecule has 0 aliphatic heterocycles. The molecule has 1 aromatic heterocycles. The zero-order chi connectivity index (χ0) is 9.52. The zero-order valence-electron chi connectivity index (χ0n) is 8.17. The maximum absolute atomic E-state index is 5.26. The Hall–Kier alpha value is -0.450. The summed E-state index contributed by atoms with van der Waals surface area (Å²) in [6, 6.07) is 0. The monoisotopic (exact) mass is 200 g/mol. The Morgan fingerprint density at radius 1 is 1.62 bits per heavy atom. The molecule has 0 unspecified atom stereocenters. The first-order valence-corrected chi connectivity index (χ1v) is 5.34. The van der Waals surface area contributed by atoms with Crippen molar-refractivity contribution in [3.05, 3.63) is 16.1 Å². The summed E-state index contributed by atoms with van der Waals surface area (Å²) in [5.74, 6) is 0. The van der Waals surface area contributed by atoms with Gasteiger partial charge in [0.2, 0.25) is 0 Å². The lowest BCUT2D eigenvalue weighted by Crippen LogP contribution is -2.02. The SMILES string of the molecule is CCOCCc1ncc(CNC)s1. The van der Waals surface area contributed by atoms with Crippen LogP contribution in [0.1, 0.15) is 16.8 Å². The molecule has 1 N–H and O–H groups in total. The minimum absolute atomic E-state index is 0.781. The zero-order valence-corrected chi connectivity index (χ0v) is 8.99. The van der Waals surface area contributed by atoms with E-state index < -0.39 is 0 Å². The van der Waals surface area contributed by atoms with Gasteiger partial charge in [-0.15, -0.1) is 11.3 Å². The van der Waals surface area contributed by atoms with Crippen molar-refractivity contribution in [3.63, 3.8) is 0 Å². The Morgan fingerprint density at radius 3 is 3.15 bits per heavy atom. The van der Waals surface area contributed by atoms with Gasteiger partial charge in [0, 0.05) is 30.6 Å². The van der Waals surface area contributed by atoms with Crippen molar-refractivity contribution in [2.24, 2.45) is 0 Å². The van der Waals surface area contributed by atoms with Crippen molar-refractivity contribution >= 4 is 11.3 Å². The van der Waals surface area contributed by atoms with Gasteiger partial charge < -0.3 is 10.1 Å². The van der Waals surface area contributed by atoms with E-state index in [4.69, 9.17) is 4.74 Å². The molecule has 0 amide bonds. The van der Waals surface area contributed by atoms with Crippen LogP contribution in [0.2, 0.25) is 0 Å². The Kier molecular flexibility index (Phi) is 4.97. The Bertz CT molecular complexity index is 237. The number of aromatic nitrogens is 1. The molecular formula is C9H16N2OS. The first-order valence-electron chi connectivity index (χ1n) is 4.52. The van der Waals surface area contributed by atoms with Crippen LogP contribution in [-0.2, 0) is 17.7 Å². The molecule has 74 valence electrons. The third kappa shape index (κ3) is 3.85. The van der Waals surface area contributed by atoms with Crippen molar-refractivity contribution in [1.29, 1.82) is 0 Å². The standard InChI is InChI=1S/C9H16N2OS/c1-3-12-5-4-9-11-7-8(13-9)6-10-2/h7,10H,3-6H2,1-2H3. The van der Waals surface area contributed by atoms with Crippen molar-refractivity contribution in [2.45, 2.75) is 19.9 Å². The van der Waals surface area contributed by atoms with Gasteiger partial charge in [-0.2, -0.15) is 0 Å². The molecule has 1 rings (SSSR count). The topological polar surface area (TPSA) is 34.1 Å². The molecule has 13 heavy (non-hydrogen) atoms. The molecule has 0 aliphatic carbocycles. The minimum Gasteiger partial charge on any atom is -0.381 e. The molecule has 1 aromatic rings. The molecule has 0 fully saturated rings. The van der Waals surface area contributed by atoms with Crippen LogP contribution < -0.4 is 5.32 Å². The van der Waals surface area contributed by atoms with E-state index in [-0.39, 0.29) is 0 Å². The van der Waals surface area contributed by atoms with Gasteiger partial charge in [-0.05, 0) is 14.0 Å². The van der Waals surface area contributed by atoms with E-state index in [1.54, 1.807) is 11.3 Å². The Balaban J connectivity index is 2.31. The van der Waals surface area contributed by atoms with Gasteiger partial charge in [0.25, 0.3) is 0 Å². The fourth-order valence-electron chi connectivity index (χ4n) is 1.02. The van der Waals surface area contributed by atoms with Crippen LogP contribution in [0.5, 0.6) is 0 Å². The van der Waals surface area contributed by atoms with Crippen molar-refractivity contribution < 1.29 is 4.74 Å². The van der Waals surface area contributed by atoms with Crippen LogP contribution in [0.25, 0.3) is 0 Å². The molecule has 0 aliphatic rings. The number of nitrogens with one attached hydrogen (secondary N) is 1. The first kappa shape index (κ1) is 10.6. The highest BCUT2D eigenvalue weighted by atomic mass is 32.1. The predicted octanol–water partition coefficient (Wildman–Crippen LogP) is 1.44. The molecule has 4 heteroatoms. The molecular weight excluding hydrogens is 184 g/mol. The normalized spacial score (nSPS) is 10.6. The number of rotatable bonds is 6. The smallest absolute Gasteiger partial charge is 0.0951 e. The third-order valence-corrected chi connectivity index (χ3v) is 2.67. The van der Waals surface area contributed by atoms with Gasteiger partial charge in [-0.1, -0.05) is 0 Å². The summed E-state index contributed by atoms with van der Waals surface area (Å²) in [5.41, 5.74) is 0. The van der Waals surface area contributed by atoms with Gasteiger partial charge in [-0.25, -0.2) is 4.98 Å². The largest absolute Gasteiger partial charge is 0.381 e. The summed E-state index contributed by atoms with van der Waals surface area (Å²) >= 11 is 1.75. The maximum atomic E-state index is 5.26. The van der Waals surface area contributed by atoms with E-state index in [2.05, 4.69) is 10.3 Å². The predicted molar refractivity (Wildman–Crippen MR) is 55.1 cm³/mol. The second-order valence-corrected chi connectivity index (χ2v) is 3.90. The molecule has 0 saturated carbocycles. The van der Waals surface area contributed by atoms with Crippen LogP contribution >= 0.6 is 11.3 Å². The summed E-state index contributed by atoms with van der Waals surface area (Å²) in [7, 11) is 1.94. The molecule has 0 atom stereocenters. The van der Waals surface area contributed by atoms with E-state index in [1.165, 1.54) is 9.88 Å². The second kappa shape index (κ2) is 6.07. The lowest BCUT2D eigenvalue weighted by molar-refractivity contribution is 0.151. The van der Waals surface area contributed by atoms with Crippen LogP contribution in [0.4, 0.5) is 0 Å². The third-order valence-electron chi connectivity index (χ3n) is 1.62. The summed E-state index contributed by atoms with van der Waals surface area (Å²) in [6.45, 7) is 4.48. The van der Waals surface area contributed by atoms with Crippen LogP contribution in [0, 0.1) is 0 Å². The fraction of sp³-hybridized carbons (Fsp3) is 0.667. The van der Waals surface area contributed by atoms with Gasteiger partial charge >= 0.3 is 0 Å². The van der Waals surface area contributed by atoms with E-state index >= 15 is 0 Å². The van der Waals surface area contributed by atoms with E-state index in [1.807, 2.05) is 20.2 Å². The highest BCUT2D eigenvalue weighted by Gasteiger charge is 2.00. The van der Waals surface area contributed by atoms with E-state index in [0.717, 1.165) is 26.2 Å². The van der Waals surface area contributed by atoms with E-state index in [0.29, 0.717) is 0 Å². The van der Waals surface area contributed by atoms with Crippen molar-refractivity contribution in [1.82, 2.24) is 10.3 Å². The number of thiazole rings is 1. The molecule has 0 spiro atoms. The summed E-state index contributed by atoms with van der Waals surface area (Å²) in [5, 5.41) is 4.27. The van der Waals surface area contributed by atoms with E-state index in [9.17, 15) is 0 Å². The Morgan fingerprint density at radius 2 is 2.46 bits per heavy atom. The van der Waals surface area contributed by atoms with Crippen LogP contribution in [-0.4, -0.2) is 25.2 Å². The first-order chi connectivity index (χ1) is 6.36. The van der Waals surface area contributed by atoms with Gasteiger partial charge in [0.05, 0.1) is 11.6 Å². The number of ether oxygens (including phenoxy) is 1. The summed E-state index contributed by atoms with van der Waals surface area (Å²) in [4.78, 5) is 5.59. The maximum Gasteiger partial charge on any atom is 0.0951 e. The lowest BCUT2D eigenvalue weighted by Gasteiger charge is -1.96. The quantitative estimate of drug-likeness (QED) is 0.706. The highest BCUT2D eigenvalue weighted by molar-refractivity contribution is 7.11. The summed E-state index contributed by atoms with van der Waals surface area (Å²) in [6.07, 6.45) is 2.87. The molecule has 0 aromatic carbocycles. The van der Waals surface area contributed by atoms with Crippen LogP contribution in [0.3, 0.4) is 0 Å². The molecule has 1 heterocycles. The lowest BCUT2D eigenvalue weighted by atomic mass is 10.5. The number of hydrogen-bond acceptors (Lipinski definition) is 4. The molecule has 3 nitrogen and oxygen atoms in total. The van der Waals surface area contributed by atoms with Gasteiger partial charge in [0.15, 0.2) is 0 Å². The number of nitrogens with zero attached hydrogens (tertiary/aromatic N) is 1. The van der Waals surface area contributed by atoms with Gasteiger partial charge in [-0.3, -0.25) is 0 Å².